The van der Waals surface area contributed by atoms with Crippen LogP contribution in [0.25, 0.3) is 0 Å². The molecular weight excluding hydrogens is 449 g/mol. The van der Waals surface area contributed by atoms with Crippen molar-refractivity contribution >= 4 is 11.9 Å². The summed E-state index contributed by atoms with van der Waals surface area (Å²) in [5.74, 6) is 0.296. The Morgan fingerprint density at radius 2 is 2.00 bits per heavy atom. The van der Waals surface area contributed by atoms with Gasteiger partial charge in [-0.05, 0) is 62.1 Å². The van der Waals surface area contributed by atoms with Gasteiger partial charge in [0.2, 0.25) is 5.91 Å². The molecule has 0 unspecified atom stereocenters. The maximum absolute atomic E-state index is 13.4. The van der Waals surface area contributed by atoms with E-state index in [-0.39, 0.29) is 54.6 Å². The molecular formula is C24H29F3N4O3. The van der Waals surface area contributed by atoms with E-state index in [4.69, 9.17) is 4.74 Å². The Bertz CT molecular complexity index is 997. The number of halogens is 3. The van der Waals surface area contributed by atoms with E-state index in [1.165, 1.54) is 6.20 Å². The molecule has 5 fully saturated rings. The molecule has 10 heteroatoms. The van der Waals surface area contributed by atoms with Crippen molar-refractivity contribution in [3.05, 3.63) is 29.6 Å². The Labute approximate surface area is 196 Å². The number of nitrogens with one attached hydrogen (secondary N) is 1. The zero-order valence-corrected chi connectivity index (χ0v) is 18.9. The second-order valence-corrected chi connectivity index (χ2v) is 11.0. The number of hydrogen-bond donors (Lipinski definition) is 1. The number of nitrogens with zero attached hydrogens (tertiary/aromatic N) is 3. The molecule has 0 bridgehead atoms. The van der Waals surface area contributed by atoms with Crippen LogP contribution in [0.5, 0.6) is 0 Å². The van der Waals surface area contributed by atoms with E-state index in [0.717, 1.165) is 44.3 Å². The largest absolute Gasteiger partial charge is 0.399 e. The Hall–Kier alpha value is -2.36. The van der Waals surface area contributed by atoms with Gasteiger partial charge in [-0.2, -0.15) is 13.2 Å². The van der Waals surface area contributed by atoms with Crippen LogP contribution in [0, 0.1) is 11.3 Å². The number of carbonyl (C=O) groups is 2. The molecule has 0 aromatic carbocycles. The number of rotatable bonds is 3. The van der Waals surface area contributed by atoms with Gasteiger partial charge in [-0.25, -0.2) is 4.79 Å². The van der Waals surface area contributed by atoms with E-state index < -0.39 is 11.6 Å². The molecule has 6 rings (SSSR count). The number of alkyl halides is 3. The number of fused-ring (bicyclic) bond motifs is 1. The summed E-state index contributed by atoms with van der Waals surface area (Å²) in [5, 5.41) is 2.93. The summed E-state index contributed by atoms with van der Waals surface area (Å²) in [4.78, 5) is 32.3. The highest BCUT2D eigenvalue weighted by molar-refractivity contribution is 5.79. The molecule has 1 spiro atoms. The predicted molar refractivity (Wildman–Crippen MR) is 115 cm³/mol. The number of carbonyl (C=O) groups excluding carboxylic acids is 2. The van der Waals surface area contributed by atoms with Crippen molar-refractivity contribution in [1.29, 1.82) is 0 Å². The van der Waals surface area contributed by atoms with E-state index in [2.05, 4.69) is 10.3 Å². The van der Waals surface area contributed by atoms with E-state index >= 15 is 0 Å². The summed E-state index contributed by atoms with van der Waals surface area (Å²) in [7, 11) is 0. The molecule has 0 radical (unpaired) electrons. The van der Waals surface area contributed by atoms with Crippen molar-refractivity contribution in [2.75, 3.05) is 32.8 Å². The number of morpholine rings is 1. The first-order valence-electron chi connectivity index (χ1n) is 12.1. The Balaban J connectivity index is 0.996. The third-order valence-corrected chi connectivity index (χ3v) is 8.49. The van der Waals surface area contributed by atoms with Crippen molar-refractivity contribution < 1.29 is 27.5 Å². The molecule has 1 aromatic heterocycles. The first kappa shape index (κ1) is 22.1. The topological polar surface area (TPSA) is 74.8 Å². The van der Waals surface area contributed by atoms with E-state index in [9.17, 15) is 22.8 Å². The third kappa shape index (κ3) is 3.65. The predicted octanol–water partition coefficient (Wildman–Crippen LogP) is 2.64. The van der Waals surface area contributed by atoms with Gasteiger partial charge < -0.3 is 19.9 Å². The zero-order chi connectivity index (χ0) is 23.7. The maximum Gasteiger partial charge on any atom is 0.399 e. The fourth-order valence-corrected chi connectivity index (χ4v) is 6.55. The number of hydrogen-bond acceptors (Lipinski definition) is 4. The second-order valence-electron chi connectivity index (χ2n) is 11.0. The van der Waals surface area contributed by atoms with Crippen LogP contribution in [0.3, 0.4) is 0 Å². The molecule has 2 saturated carbocycles. The first-order valence-corrected chi connectivity index (χ1v) is 12.1. The standard InChI is InChI=1S/C24H29F3N4O3/c25-24(26,27)23(3-4-23)19-8-15(1-5-28-19)7-16-9-22(10-16)13-31(14-22)21(33)30-6-2-18-17(11-30)29-20(32)12-34-18/h1,5,8,16-18H,2-4,6-7,9-14H2,(H,29,32)/t17-,18+/m1/s1. The van der Waals surface area contributed by atoms with Crippen molar-refractivity contribution in [1.82, 2.24) is 20.1 Å². The molecule has 3 aliphatic heterocycles. The lowest BCUT2D eigenvalue weighted by atomic mass is 9.56. The minimum absolute atomic E-state index is 0.0171. The van der Waals surface area contributed by atoms with Crippen LogP contribution in [0.4, 0.5) is 18.0 Å². The second kappa shape index (κ2) is 7.57. The molecule has 2 atom stereocenters. The van der Waals surface area contributed by atoms with Crippen molar-refractivity contribution in [2.24, 2.45) is 11.3 Å². The molecule has 5 aliphatic rings. The van der Waals surface area contributed by atoms with Gasteiger partial charge in [-0.1, -0.05) is 0 Å². The van der Waals surface area contributed by atoms with Crippen LogP contribution >= 0.6 is 0 Å². The summed E-state index contributed by atoms with van der Waals surface area (Å²) in [6.45, 7) is 2.66. The van der Waals surface area contributed by atoms with Crippen molar-refractivity contribution in [3.63, 3.8) is 0 Å². The first-order chi connectivity index (χ1) is 16.2. The molecule has 1 N–H and O–H groups in total. The third-order valence-electron chi connectivity index (χ3n) is 8.49. The number of aromatic nitrogens is 1. The molecule has 184 valence electrons. The summed E-state index contributed by atoms with van der Waals surface area (Å²) < 4.78 is 45.9. The fourth-order valence-electron chi connectivity index (χ4n) is 6.55. The van der Waals surface area contributed by atoms with Crippen LogP contribution in [0.2, 0.25) is 0 Å². The lowest BCUT2D eigenvalue weighted by molar-refractivity contribution is -0.161. The Morgan fingerprint density at radius 1 is 1.24 bits per heavy atom. The minimum Gasteiger partial charge on any atom is -0.366 e. The van der Waals surface area contributed by atoms with E-state index in [0.29, 0.717) is 19.0 Å². The SMILES string of the molecule is O=C1CO[C@H]2CCN(C(=O)N3CC4(CC(Cc5ccnc(C6(C(F)(F)F)CC6)c5)C4)C3)C[C@H]2N1. The van der Waals surface area contributed by atoms with Gasteiger partial charge in [0.05, 0.1) is 17.8 Å². The summed E-state index contributed by atoms with van der Waals surface area (Å²) >= 11 is 0. The van der Waals surface area contributed by atoms with E-state index in [1.54, 1.807) is 6.07 Å². The molecule has 4 heterocycles. The smallest absolute Gasteiger partial charge is 0.366 e. The average molecular weight is 479 g/mol. The molecule has 34 heavy (non-hydrogen) atoms. The van der Waals surface area contributed by atoms with Crippen LogP contribution in [-0.2, 0) is 21.4 Å². The van der Waals surface area contributed by atoms with Gasteiger partial charge >= 0.3 is 12.2 Å². The number of urea groups is 1. The van der Waals surface area contributed by atoms with Crippen molar-refractivity contribution in [2.45, 2.75) is 62.3 Å². The number of ether oxygens (including phenoxy) is 1. The van der Waals surface area contributed by atoms with Gasteiger partial charge in [-0.3, -0.25) is 9.78 Å². The Kier molecular flexibility index (Phi) is 4.92. The molecule has 7 nitrogen and oxygen atoms in total. The average Bonchev–Trinajstić information content (AvgIpc) is 3.56. The lowest BCUT2D eigenvalue weighted by Crippen LogP contribution is -2.68. The quantitative estimate of drug-likeness (QED) is 0.725. The van der Waals surface area contributed by atoms with Gasteiger partial charge in [0, 0.05) is 37.8 Å². The summed E-state index contributed by atoms with van der Waals surface area (Å²) in [6.07, 6.45) is 0.971. The Morgan fingerprint density at radius 3 is 2.71 bits per heavy atom. The van der Waals surface area contributed by atoms with Gasteiger partial charge in [0.1, 0.15) is 12.0 Å². The highest BCUT2D eigenvalue weighted by Gasteiger charge is 2.65. The van der Waals surface area contributed by atoms with Crippen LogP contribution in [0.15, 0.2) is 18.3 Å². The minimum atomic E-state index is -4.24. The van der Waals surface area contributed by atoms with Gasteiger partial charge in [0.15, 0.2) is 0 Å². The molecule has 1 aromatic rings. The van der Waals surface area contributed by atoms with Crippen LogP contribution in [0.1, 0.15) is 43.4 Å². The van der Waals surface area contributed by atoms with Crippen LogP contribution in [-0.4, -0.2) is 77.8 Å². The number of piperidine rings is 1. The van der Waals surface area contributed by atoms with E-state index in [1.807, 2.05) is 15.9 Å². The molecule has 3 saturated heterocycles. The fraction of sp³-hybridized carbons (Fsp3) is 0.708. The van der Waals surface area contributed by atoms with Crippen molar-refractivity contribution in [3.8, 4) is 0 Å². The molecule has 2 aliphatic carbocycles. The van der Waals surface area contributed by atoms with Gasteiger partial charge in [0.25, 0.3) is 0 Å². The number of pyridine rings is 1. The summed E-state index contributed by atoms with van der Waals surface area (Å²) in [5.41, 5.74) is -0.498. The highest BCUT2D eigenvalue weighted by atomic mass is 19.4. The lowest BCUT2D eigenvalue weighted by Gasteiger charge is -2.60. The normalized spacial score (nSPS) is 29.7. The monoisotopic (exact) mass is 478 g/mol. The summed E-state index contributed by atoms with van der Waals surface area (Å²) in [6, 6.07) is 3.36. The molecule has 3 amide bonds. The number of likely N-dealkylation sites (tertiary alicyclic amines) is 2. The van der Waals surface area contributed by atoms with Crippen LogP contribution < -0.4 is 5.32 Å². The number of amides is 3. The van der Waals surface area contributed by atoms with Gasteiger partial charge in [-0.15, -0.1) is 0 Å². The highest BCUT2D eigenvalue weighted by Crippen LogP contribution is 2.58. The maximum atomic E-state index is 13.4. The zero-order valence-electron chi connectivity index (χ0n) is 18.9.